The first kappa shape index (κ1) is 33.5. The maximum Gasteiger partial charge on any atom is 0.302 e. The first-order chi connectivity index (χ1) is 14.5. The average molecular weight is 431 g/mol. The Morgan fingerprint density at radius 1 is 0.839 bits per heavy atom. The van der Waals surface area contributed by atoms with Gasteiger partial charge in [0.15, 0.2) is 0 Å². The normalized spacial score (nSPS) is 13.6. The minimum absolute atomic E-state index is 0.243. The zero-order chi connectivity index (χ0) is 24.8. The second-order valence-corrected chi connectivity index (χ2v) is 8.34. The molecule has 0 spiro atoms. The average Bonchev–Trinajstić information content (AvgIpc) is 2.71. The molecule has 2 nitrogen and oxygen atoms in total. The highest BCUT2D eigenvalue weighted by molar-refractivity contribution is 5.66. The maximum atomic E-state index is 10.3. The predicted octanol–water partition coefficient (Wildman–Crippen LogP) is 9.04. The lowest BCUT2D eigenvalue weighted by molar-refractivity contribution is -0.139. The van der Waals surface area contributed by atoms with Crippen LogP contribution in [0.25, 0.3) is 0 Å². The zero-order valence-corrected chi connectivity index (χ0v) is 22.3. The van der Waals surface area contributed by atoms with E-state index >= 15 is 0 Å². The van der Waals surface area contributed by atoms with Crippen molar-refractivity contribution in [1.29, 1.82) is 0 Å². The van der Waals surface area contributed by atoms with E-state index in [2.05, 4.69) is 91.0 Å². The molecule has 31 heavy (non-hydrogen) atoms. The first-order valence-corrected chi connectivity index (χ1v) is 11.4. The Labute approximate surface area is 194 Å². The number of carbonyl (C=O) groups excluding carboxylic acids is 1. The standard InChI is InChI=1S/2C10H18.C9H14O2/c1-6-9(5)10(7-2)8(3)4;1-5-10(4)8-6-7-9(2)3;1-4-8(2)6-5-7-11-9(3)10/h6-8,10H,2H2,1,3-5H3;5-6,8-9H,7H2,1-4H3;4-6H,7H2,1-3H3/b9-6+;8-6+,10-5+;6-5+,8-4+. The molecule has 0 radical (unpaired) electrons. The molecular formula is C29H50O2. The highest BCUT2D eigenvalue weighted by atomic mass is 16.5. The van der Waals surface area contributed by atoms with Crippen LogP contribution in [0.5, 0.6) is 0 Å². The van der Waals surface area contributed by atoms with Crippen molar-refractivity contribution in [3.63, 3.8) is 0 Å². The van der Waals surface area contributed by atoms with Crippen LogP contribution < -0.4 is 0 Å². The molecule has 0 aromatic carbocycles. The van der Waals surface area contributed by atoms with Crippen LogP contribution in [-0.4, -0.2) is 12.6 Å². The molecule has 0 aromatic heterocycles. The van der Waals surface area contributed by atoms with Gasteiger partial charge in [-0.1, -0.05) is 86.9 Å². The summed E-state index contributed by atoms with van der Waals surface area (Å²) in [6.07, 6.45) is 17.6. The summed E-state index contributed by atoms with van der Waals surface area (Å²) in [6.45, 7) is 26.9. The SMILES string of the molecule is C/C=C(C)/C=C/CC(C)C.C/C=C(C)/C=C/COC(C)=O.C=CC(/C(C)=C/C)C(C)C. The van der Waals surface area contributed by atoms with E-state index in [1.54, 1.807) is 0 Å². The van der Waals surface area contributed by atoms with E-state index in [1.807, 2.05) is 38.2 Å². The predicted molar refractivity (Wildman–Crippen MR) is 141 cm³/mol. The molecule has 0 fully saturated rings. The third-order valence-electron chi connectivity index (χ3n) is 4.62. The Balaban J connectivity index is -0.000000380. The van der Waals surface area contributed by atoms with Gasteiger partial charge in [0.25, 0.3) is 0 Å². The third-order valence-corrected chi connectivity index (χ3v) is 4.62. The van der Waals surface area contributed by atoms with Crippen molar-refractivity contribution in [3.8, 4) is 0 Å². The Morgan fingerprint density at radius 3 is 1.61 bits per heavy atom. The summed E-state index contributed by atoms with van der Waals surface area (Å²) in [5.41, 5.74) is 3.93. The van der Waals surface area contributed by atoms with Crippen molar-refractivity contribution in [2.75, 3.05) is 6.61 Å². The second-order valence-electron chi connectivity index (χ2n) is 8.34. The molecule has 0 saturated heterocycles. The van der Waals surface area contributed by atoms with Crippen molar-refractivity contribution in [3.05, 3.63) is 71.9 Å². The van der Waals surface area contributed by atoms with Crippen LogP contribution in [-0.2, 0) is 9.53 Å². The van der Waals surface area contributed by atoms with Crippen LogP contribution in [0.15, 0.2) is 71.9 Å². The molecule has 0 aliphatic heterocycles. The molecule has 1 unspecified atom stereocenters. The van der Waals surface area contributed by atoms with Gasteiger partial charge in [-0.15, -0.1) is 6.58 Å². The van der Waals surface area contributed by atoms with Gasteiger partial charge in [-0.05, 0) is 71.8 Å². The van der Waals surface area contributed by atoms with Crippen molar-refractivity contribution >= 4 is 5.97 Å². The summed E-state index contributed by atoms with van der Waals surface area (Å²) in [5, 5.41) is 0. The number of hydrogen-bond donors (Lipinski definition) is 0. The number of esters is 1. The van der Waals surface area contributed by atoms with Gasteiger partial charge in [0, 0.05) is 6.92 Å². The summed E-state index contributed by atoms with van der Waals surface area (Å²) in [6, 6.07) is 0. The molecule has 0 N–H and O–H groups in total. The highest BCUT2D eigenvalue weighted by Gasteiger charge is 2.09. The van der Waals surface area contributed by atoms with Crippen LogP contribution in [0.3, 0.4) is 0 Å². The number of allylic oxidation sites excluding steroid dienone is 10. The lowest BCUT2D eigenvalue weighted by Crippen LogP contribution is -2.05. The first-order valence-electron chi connectivity index (χ1n) is 11.4. The van der Waals surface area contributed by atoms with Gasteiger partial charge < -0.3 is 4.74 Å². The fraction of sp³-hybridized carbons (Fsp3) is 0.552. The molecule has 1 atom stereocenters. The van der Waals surface area contributed by atoms with Crippen molar-refractivity contribution in [2.45, 2.75) is 82.6 Å². The molecule has 0 aromatic rings. The van der Waals surface area contributed by atoms with Gasteiger partial charge in [0.05, 0.1) is 0 Å². The van der Waals surface area contributed by atoms with E-state index in [0.29, 0.717) is 18.4 Å². The van der Waals surface area contributed by atoms with E-state index in [0.717, 1.165) is 11.5 Å². The lowest BCUT2D eigenvalue weighted by atomic mass is 9.89. The molecule has 0 amide bonds. The van der Waals surface area contributed by atoms with Crippen LogP contribution in [0.1, 0.15) is 82.6 Å². The number of hydrogen-bond acceptors (Lipinski definition) is 2. The quantitative estimate of drug-likeness (QED) is 0.207. The van der Waals surface area contributed by atoms with Crippen LogP contribution in [0, 0.1) is 17.8 Å². The van der Waals surface area contributed by atoms with E-state index in [4.69, 9.17) is 0 Å². The Morgan fingerprint density at radius 2 is 1.32 bits per heavy atom. The molecule has 0 rings (SSSR count). The van der Waals surface area contributed by atoms with E-state index in [-0.39, 0.29) is 5.97 Å². The number of ether oxygens (including phenoxy) is 1. The van der Waals surface area contributed by atoms with Crippen molar-refractivity contribution in [1.82, 2.24) is 0 Å². The van der Waals surface area contributed by atoms with Gasteiger partial charge in [0.2, 0.25) is 0 Å². The topological polar surface area (TPSA) is 26.3 Å². The smallest absolute Gasteiger partial charge is 0.302 e. The summed E-state index contributed by atoms with van der Waals surface area (Å²) in [7, 11) is 0. The van der Waals surface area contributed by atoms with Gasteiger partial charge in [-0.2, -0.15) is 0 Å². The summed E-state index contributed by atoms with van der Waals surface area (Å²) in [4.78, 5) is 10.3. The van der Waals surface area contributed by atoms with Crippen molar-refractivity contribution < 1.29 is 9.53 Å². The second kappa shape index (κ2) is 22.6. The fourth-order valence-corrected chi connectivity index (χ4v) is 2.29. The summed E-state index contributed by atoms with van der Waals surface area (Å²) < 4.78 is 4.68. The monoisotopic (exact) mass is 430 g/mol. The van der Waals surface area contributed by atoms with E-state index < -0.39 is 0 Å². The Bertz CT molecular complexity index is 611. The molecule has 2 heteroatoms. The molecule has 0 bridgehead atoms. The fourth-order valence-electron chi connectivity index (χ4n) is 2.29. The van der Waals surface area contributed by atoms with Gasteiger partial charge in [-0.25, -0.2) is 0 Å². The van der Waals surface area contributed by atoms with Gasteiger partial charge in [0.1, 0.15) is 6.61 Å². The van der Waals surface area contributed by atoms with Crippen LogP contribution in [0.4, 0.5) is 0 Å². The lowest BCUT2D eigenvalue weighted by Gasteiger charge is -2.16. The minimum Gasteiger partial charge on any atom is -0.462 e. The van der Waals surface area contributed by atoms with Crippen LogP contribution >= 0.6 is 0 Å². The zero-order valence-electron chi connectivity index (χ0n) is 22.3. The molecular weight excluding hydrogens is 380 g/mol. The largest absolute Gasteiger partial charge is 0.462 e. The molecule has 178 valence electrons. The van der Waals surface area contributed by atoms with Gasteiger partial charge >= 0.3 is 5.97 Å². The molecule has 0 heterocycles. The number of rotatable bonds is 9. The summed E-state index contributed by atoms with van der Waals surface area (Å²) in [5.74, 6) is 1.77. The Hall–Kier alpha value is -2.09. The Kier molecular flexibility index (Phi) is 24.4. The molecule has 0 aliphatic rings. The summed E-state index contributed by atoms with van der Waals surface area (Å²) >= 11 is 0. The van der Waals surface area contributed by atoms with E-state index in [9.17, 15) is 4.79 Å². The van der Waals surface area contributed by atoms with Crippen LogP contribution in [0.2, 0.25) is 0 Å². The van der Waals surface area contributed by atoms with Gasteiger partial charge in [-0.3, -0.25) is 4.79 Å². The van der Waals surface area contributed by atoms with E-state index in [1.165, 1.54) is 24.5 Å². The highest BCUT2D eigenvalue weighted by Crippen LogP contribution is 2.20. The van der Waals surface area contributed by atoms with Crippen molar-refractivity contribution in [2.24, 2.45) is 17.8 Å². The maximum absolute atomic E-state index is 10.3. The molecule has 0 aliphatic carbocycles. The third kappa shape index (κ3) is 25.9. The number of carbonyl (C=O) groups is 1. The minimum atomic E-state index is -0.243. The molecule has 0 saturated carbocycles.